The van der Waals surface area contributed by atoms with Crippen LogP contribution in [-0.2, 0) is 0 Å². The number of nitrogens with zero attached hydrogens (tertiary/aromatic N) is 4. The lowest BCUT2D eigenvalue weighted by Crippen LogP contribution is -2.33. The number of aromatic nitrogens is 4. The number of hydrogen-bond acceptors (Lipinski definition) is 4. The minimum atomic E-state index is -2.64. The molecule has 4 aromatic heterocycles. The standard InChI is InChI=1S/C42H32N4P2/c1-47(37-19-7-11-27-43-37,38-20-8-12-28-44-38)35-25-23-31-15-3-5-17-33(31)41(35)42-34-18-6-4-16-32(34)24-26-36(42)48(2,39-21-9-13-29-45-39)40-22-10-14-30-46-40/h3-30H,1-2H2. The van der Waals surface area contributed by atoms with Crippen molar-refractivity contribution in [2.45, 2.75) is 0 Å². The van der Waals surface area contributed by atoms with Gasteiger partial charge in [0.05, 0.1) is 21.7 Å². The predicted molar refractivity (Wildman–Crippen MR) is 210 cm³/mol. The first-order valence-corrected chi connectivity index (χ1v) is 19.7. The van der Waals surface area contributed by atoms with Gasteiger partial charge in [-0.2, -0.15) is 0 Å². The van der Waals surface area contributed by atoms with E-state index >= 15 is 0 Å². The molecule has 0 amide bonds. The summed E-state index contributed by atoms with van der Waals surface area (Å²) in [5.41, 5.74) is 5.94. The lowest BCUT2D eigenvalue weighted by molar-refractivity contribution is 1.37. The molecule has 0 aliphatic heterocycles. The monoisotopic (exact) mass is 654 g/mol. The Labute approximate surface area is 280 Å². The Bertz CT molecular complexity index is 2240. The fraction of sp³-hybridized carbons (Fsp3) is 0. The summed E-state index contributed by atoms with van der Waals surface area (Å²) in [6.07, 6.45) is 17.7. The highest BCUT2D eigenvalue weighted by Crippen LogP contribution is 2.50. The van der Waals surface area contributed by atoms with Crippen molar-refractivity contribution in [3.63, 3.8) is 0 Å². The Kier molecular flexibility index (Phi) is 7.69. The molecule has 4 heterocycles. The first-order chi connectivity index (χ1) is 23.6. The van der Waals surface area contributed by atoms with E-state index in [1.54, 1.807) is 0 Å². The van der Waals surface area contributed by atoms with Crippen LogP contribution >= 0.6 is 13.8 Å². The molecule has 0 aliphatic rings. The largest absolute Gasteiger partial charge is 0.256 e. The number of hydrogen-bond donors (Lipinski definition) is 0. The lowest BCUT2D eigenvalue weighted by Gasteiger charge is -2.31. The zero-order valence-corrected chi connectivity index (χ0v) is 28.1. The number of rotatable bonds is 7. The van der Waals surface area contributed by atoms with E-state index in [2.05, 4.69) is 97.1 Å². The first kappa shape index (κ1) is 30.0. The predicted octanol–water partition coefficient (Wildman–Crippen LogP) is 6.69. The molecule has 8 rings (SSSR count). The van der Waals surface area contributed by atoms with E-state index in [-0.39, 0.29) is 0 Å². The van der Waals surface area contributed by atoms with Gasteiger partial charge >= 0.3 is 0 Å². The van der Waals surface area contributed by atoms with Gasteiger partial charge in [0.25, 0.3) is 0 Å². The second kappa shape index (κ2) is 12.3. The van der Waals surface area contributed by atoms with Gasteiger partial charge in [-0.05, 0) is 91.8 Å². The lowest BCUT2D eigenvalue weighted by atomic mass is 9.93. The SMILES string of the molecule is C=P(c1ccccn1)(c1ccccn1)c1ccc2ccccc2c1-c1c(P(=C)(c2ccccn2)c2ccccn2)ccc2ccccc12. The van der Waals surface area contributed by atoms with Crippen LogP contribution in [0.3, 0.4) is 0 Å². The fourth-order valence-electron chi connectivity index (χ4n) is 6.73. The van der Waals surface area contributed by atoms with Crippen molar-refractivity contribution in [3.8, 4) is 11.1 Å². The first-order valence-electron chi connectivity index (χ1n) is 15.8. The molecule has 230 valence electrons. The van der Waals surface area contributed by atoms with Gasteiger partial charge in [0.15, 0.2) is 0 Å². The van der Waals surface area contributed by atoms with Crippen LogP contribution in [0.2, 0.25) is 0 Å². The van der Waals surface area contributed by atoms with Crippen molar-refractivity contribution in [2.24, 2.45) is 0 Å². The van der Waals surface area contributed by atoms with Crippen molar-refractivity contribution in [3.05, 3.63) is 170 Å². The average Bonchev–Trinajstić information content (AvgIpc) is 3.18. The molecule has 0 saturated heterocycles. The molecule has 6 heteroatoms. The molecule has 4 aromatic carbocycles. The summed E-state index contributed by atoms with van der Waals surface area (Å²) in [6.45, 7) is -5.28. The minimum absolute atomic E-state index is 0.923. The molecule has 0 N–H and O–H groups in total. The summed E-state index contributed by atoms with van der Waals surface area (Å²) in [5.74, 6) is 0. The average molecular weight is 655 g/mol. The van der Waals surface area contributed by atoms with Gasteiger partial charge in [-0.1, -0.05) is 110 Å². The van der Waals surface area contributed by atoms with Gasteiger partial charge in [-0.25, -0.2) is 0 Å². The number of fused-ring (bicyclic) bond motifs is 2. The Hall–Kier alpha value is -5.40. The van der Waals surface area contributed by atoms with E-state index in [1.807, 2.05) is 73.3 Å². The van der Waals surface area contributed by atoms with E-state index in [0.717, 1.165) is 65.0 Å². The van der Waals surface area contributed by atoms with Crippen molar-refractivity contribution < 1.29 is 0 Å². The highest BCUT2D eigenvalue weighted by Gasteiger charge is 2.34. The summed E-state index contributed by atoms with van der Waals surface area (Å²) in [7, 11) is 0. The highest BCUT2D eigenvalue weighted by atomic mass is 31.2. The Balaban J connectivity index is 1.59. The maximum atomic E-state index is 5.12. The van der Waals surface area contributed by atoms with Crippen molar-refractivity contribution >= 4 is 80.3 Å². The summed E-state index contributed by atoms with van der Waals surface area (Å²) in [4.78, 5) is 19.9. The molecular weight excluding hydrogens is 622 g/mol. The van der Waals surface area contributed by atoms with Crippen molar-refractivity contribution in [1.82, 2.24) is 19.9 Å². The molecule has 0 saturated carbocycles. The Morgan fingerprint density at radius 2 is 0.646 bits per heavy atom. The molecule has 8 aromatic rings. The molecule has 0 bridgehead atoms. The maximum Gasteiger partial charge on any atom is 0.0720 e. The van der Waals surface area contributed by atoms with Crippen LogP contribution in [0.25, 0.3) is 32.7 Å². The summed E-state index contributed by atoms with van der Waals surface area (Å²) >= 11 is 0. The van der Waals surface area contributed by atoms with Crippen LogP contribution in [0.15, 0.2) is 170 Å². The molecular formula is C42H32N4P2. The van der Waals surface area contributed by atoms with Crippen molar-refractivity contribution in [2.75, 3.05) is 0 Å². The van der Waals surface area contributed by atoms with Crippen LogP contribution < -0.4 is 32.3 Å². The highest BCUT2D eigenvalue weighted by molar-refractivity contribution is 7.94. The molecule has 0 atom stereocenters. The van der Waals surface area contributed by atoms with Gasteiger partial charge in [-0.3, -0.25) is 19.9 Å². The zero-order chi connectivity index (χ0) is 32.6. The molecule has 4 nitrogen and oxygen atoms in total. The van der Waals surface area contributed by atoms with E-state index in [0.29, 0.717) is 0 Å². The molecule has 0 spiro atoms. The topological polar surface area (TPSA) is 51.6 Å². The quantitative estimate of drug-likeness (QED) is 0.180. The molecule has 0 radical (unpaired) electrons. The number of benzene rings is 4. The van der Waals surface area contributed by atoms with E-state index in [1.165, 1.54) is 0 Å². The van der Waals surface area contributed by atoms with Gasteiger partial charge < -0.3 is 0 Å². The normalized spacial score (nSPS) is 11.9. The third kappa shape index (κ3) is 4.85. The molecule has 48 heavy (non-hydrogen) atoms. The van der Waals surface area contributed by atoms with Gasteiger partial charge in [-0.15, -0.1) is 0 Å². The Morgan fingerprint density at radius 1 is 0.333 bits per heavy atom. The summed E-state index contributed by atoms with van der Waals surface area (Å²) in [5, 5.41) is 6.80. The van der Waals surface area contributed by atoms with Crippen molar-refractivity contribution in [1.29, 1.82) is 0 Å². The minimum Gasteiger partial charge on any atom is -0.256 e. The third-order valence-electron chi connectivity index (χ3n) is 9.05. The van der Waals surface area contributed by atoms with Gasteiger partial charge in [0.1, 0.15) is 0 Å². The summed E-state index contributed by atoms with van der Waals surface area (Å²) in [6, 6.07) is 50.6. The zero-order valence-electron chi connectivity index (χ0n) is 26.3. The van der Waals surface area contributed by atoms with Gasteiger partial charge in [0, 0.05) is 38.6 Å². The van der Waals surface area contributed by atoms with Gasteiger partial charge in [0.2, 0.25) is 0 Å². The van der Waals surface area contributed by atoms with E-state index in [9.17, 15) is 0 Å². The van der Waals surface area contributed by atoms with Crippen LogP contribution in [0.4, 0.5) is 0 Å². The van der Waals surface area contributed by atoms with Crippen LogP contribution in [0.5, 0.6) is 0 Å². The fourth-order valence-corrected chi connectivity index (χ4v) is 12.5. The second-order valence-electron chi connectivity index (χ2n) is 11.7. The van der Waals surface area contributed by atoms with E-state index in [4.69, 9.17) is 32.5 Å². The molecule has 0 aliphatic carbocycles. The van der Waals surface area contributed by atoms with Crippen LogP contribution in [-0.4, -0.2) is 32.5 Å². The summed E-state index contributed by atoms with van der Waals surface area (Å²) < 4.78 is 0. The number of pyridine rings is 4. The molecule has 0 unspecified atom stereocenters. The third-order valence-corrected chi connectivity index (χ3v) is 15.6. The van der Waals surface area contributed by atoms with E-state index < -0.39 is 13.8 Å². The second-order valence-corrected chi connectivity index (χ2v) is 17.8. The molecule has 0 fully saturated rings. The van der Waals surface area contributed by atoms with Crippen LogP contribution in [0, 0.1) is 0 Å². The Morgan fingerprint density at radius 3 is 0.958 bits per heavy atom. The maximum absolute atomic E-state index is 5.12. The van der Waals surface area contributed by atoms with Crippen LogP contribution in [0.1, 0.15) is 0 Å². The smallest absolute Gasteiger partial charge is 0.0720 e.